The first-order valence-corrected chi connectivity index (χ1v) is 7.44. The zero-order valence-corrected chi connectivity index (χ0v) is 14.0. The standard InChI is InChI=1S/C13H21N5O9/c14-5(4-19)11(25)17-7(2-9(21)22)13(27)18-6(1-8(15)20)12(26)16-3-10(23)24/h5-7,19H,1-4,14H2,(H2,15,20)(H,16,26)(H,17,25)(H,18,27)(H,21,22)(H,23,24). The van der Waals surface area contributed by atoms with Crippen LogP contribution in [0.3, 0.4) is 0 Å². The predicted octanol–water partition coefficient (Wildman–Crippen LogP) is -5.17. The molecule has 0 aliphatic heterocycles. The molecule has 0 bridgehead atoms. The van der Waals surface area contributed by atoms with Gasteiger partial charge in [-0.05, 0) is 0 Å². The van der Waals surface area contributed by atoms with Gasteiger partial charge in [0.25, 0.3) is 0 Å². The van der Waals surface area contributed by atoms with Crippen LogP contribution in [0.2, 0.25) is 0 Å². The molecule has 0 aliphatic carbocycles. The summed E-state index contributed by atoms with van der Waals surface area (Å²) in [6.45, 7) is -1.57. The number of hydrogen-bond donors (Lipinski definition) is 8. The third-order valence-corrected chi connectivity index (χ3v) is 3.00. The van der Waals surface area contributed by atoms with E-state index < -0.39 is 79.7 Å². The number of nitrogens with one attached hydrogen (secondary N) is 3. The summed E-state index contributed by atoms with van der Waals surface area (Å²) in [4.78, 5) is 68.2. The Labute approximate surface area is 152 Å². The number of aliphatic hydroxyl groups is 1. The van der Waals surface area contributed by atoms with Crippen molar-refractivity contribution in [2.24, 2.45) is 11.5 Å². The number of primary amides is 1. The summed E-state index contributed by atoms with van der Waals surface area (Å²) in [5.41, 5.74) is 10.2. The summed E-state index contributed by atoms with van der Waals surface area (Å²) in [5.74, 6) is -7.12. The molecule has 0 fully saturated rings. The molecule has 0 radical (unpaired) electrons. The largest absolute Gasteiger partial charge is 0.481 e. The van der Waals surface area contributed by atoms with Gasteiger partial charge in [0.15, 0.2) is 0 Å². The zero-order valence-electron chi connectivity index (χ0n) is 14.0. The van der Waals surface area contributed by atoms with Crippen molar-refractivity contribution in [3.05, 3.63) is 0 Å². The Kier molecular flexibility index (Phi) is 10.0. The molecule has 0 aromatic rings. The molecule has 0 saturated heterocycles. The lowest BCUT2D eigenvalue weighted by Crippen LogP contribution is -2.57. The molecule has 0 aromatic carbocycles. The Morgan fingerprint density at radius 1 is 0.815 bits per heavy atom. The maximum absolute atomic E-state index is 12.2. The van der Waals surface area contributed by atoms with Crippen molar-refractivity contribution in [3.8, 4) is 0 Å². The van der Waals surface area contributed by atoms with Crippen molar-refractivity contribution in [1.82, 2.24) is 16.0 Å². The minimum Gasteiger partial charge on any atom is -0.481 e. The quantitative estimate of drug-likeness (QED) is 0.157. The topological polar surface area (TPSA) is 251 Å². The van der Waals surface area contributed by atoms with Gasteiger partial charge in [0.1, 0.15) is 24.7 Å². The van der Waals surface area contributed by atoms with Crippen molar-refractivity contribution in [2.45, 2.75) is 31.0 Å². The third kappa shape index (κ3) is 9.71. The molecule has 0 aromatic heterocycles. The first-order valence-electron chi connectivity index (χ1n) is 7.44. The number of amides is 4. The van der Waals surface area contributed by atoms with Crippen LogP contribution in [0, 0.1) is 0 Å². The Balaban J connectivity index is 5.24. The fourth-order valence-corrected chi connectivity index (χ4v) is 1.71. The molecule has 0 heterocycles. The molecule has 0 saturated carbocycles. The molecule has 14 heteroatoms. The van der Waals surface area contributed by atoms with Crippen molar-refractivity contribution in [2.75, 3.05) is 13.2 Å². The predicted molar refractivity (Wildman–Crippen MR) is 85.6 cm³/mol. The van der Waals surface area contributed by atoms with Crippen molar-refractivity contribution in [1.29, 1.82) is 0 Å². The van der Waals surface area contributed by atoms with E-state index in [1.165, 1.54) is 0 Å². The lowest BCUT2D eigenvalue weighted by Gasteiger charge is -2.22. The summed E-state index contributed by atoms with van der Waals surface area (Å²) in [6, 6.07) is -4.71. The van der Waals surface area contributed by atoms with Crippen LogP contribution in [-0.4, -0.2) is 82.2 Å². The molecule has 152 valence electrons. The fraction of sp³-hybridized carbons (Fsp3) is 0.538. The second-order valence-corrected chi connectivity index (χ2v) is 5.29. The fourth-order valence-electron chi connectivity index (χ4n) is 1.71. The van der Waals surface area contributed by atoms with E-state index in [2.05, 4.69) is 0 Å². The van der Waals surface area contributed by atoms with Crippen molar-refractivity contribution >= 4 is 35.6 Å². The van der Waals surface area contributed by atoms with E-state index in [9.17, 15) is 28.8 Å². The molecular weight excluding hydrogens is 370 g/mol. The summed E-state index contributed by atoms with van der Waals surface area (Å²) >= 11 is 0. The minimum atomic E-state index is -1.68. The van der Waals surface area contributed by atoms with Gasteiger partial charge in [-0.3, -0.25) is 28.8 Å². The van der Waals surface area contributed by atoms with E-state index in [-0.39, 0.29) is 0 Å². The van der Waals surface area contributed by atoms with Gasteiger partial charge in [-0.2, -0.15) is 0 Å². The van der Waals surface area contributed by atoms with Crippen LogP contribution in [0.25, 0.3) is 0 Å². The van der Waals surface area contributed by atoms with E-state index in [0.29, 0.717) is 0 Å². The molecule has 3 atom stereocenters. The van der Waals surface area contributed by atoms with Gasteiger partial charge in [0.05, 0.1) is 19.4 Å². The smallest absolute Gasteiger partial charge is 0.322 e. The van der Waals surface area contributed by atoms with Crippen LogP contribution in [0.15, 0.2) is 0 Å². The molecule has 27 heavy (non-hydrogen) atoms. The SMILES string of the molecule is NC(=O)CC(NC(=O)C(CC(=O)O)NC(=O)C(N)CO)C(=O)NCC(=O)O. The number of carbonyl (C=O) groups excluding carboxylic acids is 4. The molecule has 0 aliphatic rings. The number of carbonyl (C=O) groups is 6. The van der Waals surface area contributed by atoms with E-state index in [0.717, 1.165) is 0 Å². The number of hydrogen-bond acceptors (Lipinski definition) is 8. The lowest BCUT2D eigenvalue weighted by atomic mass is 10.1. The first kappa shape index (κ1) is 23.7. The van der Waals surface area contributed by atoms with E-state index >= 15 is 0 Å². The number of carboxylic acid groups (broad SMARTS) is 2. The summed E-state index contributed by atoms with van der Waals surface area (Å²) < 4.78 is 0. The van der Waals surface area contributed by atoms with Crippen LogP contribution in [0.4, 0.5) is 0 Å². The van der Waals surface area contributed by atoms with E-state index in [4.69, 9.17) is 26.8 Å². The van der Waals surface area contributed by atoms with Crippen LogP contribution in [0.5, 0.6) is 0 Å². The van der Waals surface area contributed by atoms with Gasteiger partial charge in [-0.15, -0.1) is 0 Å². The van der Waals surface area contributed by atoms with Crippen LogP contribution in [-0.2, 0) is 28.8 Å². The van der Waals surface area contributed by atoms with Gasteiger partial charge in [0.2, 0.25) is 23.6 Å². The van der Waals surface area contributed by atoms with Gasteiger partial charge in [0, 0.05) is 0 Å². The maximum atomic E-state index is 12.2. The molecule has 10 N–H and O–H groups in total. The second-order valence-electron chi connectivity index (χ2n) is 5.29. The average molecular weight is 391 g/mol. The van der Waals surface area contributed by atoms with Crippen LogP contribution >= 0.6 is 0 Å². The molecule has 0 rings (SSSR count). The normalized spacial score (nSPS) is 13.6. The van der Waals surface area contributed by atoms with Crippen molar-refractivity contribution < 1.29 is 44.1 Å². The highest BCUT2D eigenvalue weighted by atomic mass is 16.4. The lowest BCUT2D eigenvalue weighted by molar-refractivity contribution is -0.142. The minimum absolute atomic E-state index is 0.707. The first-order chi connectivity index (χ1) is 12.5. The molecule has 0 spiro atoms. The van der Waals surface area contributed by atoms with E-state index in [1.807, 2.05) is 16.0 Å². The molecular formula is C13H21N5O9. The molecule has 4 amide bonds. The summed E-state index contributed by atoms with van der Waals surface area (Å²) in [5, 5.41) is 32.1. The van der Waals surface area contributed by atoms with Crippen molar-refractivity contribution in [3.63, 3.8) is 0 Å². The maximum Gasteiger partial charge on any atom is 0.322 e. The van der Waals surface area contributed by atoms with Crippen LogP contribution in [0.1, 0.15) is 12.8 Å². The highest BCUT2D eigenvalue weighted by molar-refractivity contribution is 5.96. The molecule has 3 unspecified atom stereocenters. The highest BCUT2D eigenvalue weighted by Gasteiger charge is 2.30. The number of carboxylic acids is 2. The Hall–Kier alpha value is -3.26. The zero-order chi connectivity index (χ0) is 21.1. The van der Waals surface area contributed by atoms with Gasteiger partial charge >= 0.3 is 11.9 Å². The Bertz CT molecular complexity index is 609. The van der Waals surface area contributed by atoms with Gasteiger partial charge < -0.3 is 42.7 Å². The van der Waals surface area contributed by atoms with Crippen LogP contribution < -0.4 is 27.4 Å². The number of rotatable bonds is 12. The number of aliphatic hydroxyl groups excluding tert-OH is 1. The number of nitrogens with two attached hydrogens (primary N) is 2. The Morgan fingerprint density at radius 2 is 1.33 bits per heavy atom. The average Bonchev–Trinajstić information content (AvgIpc) is 2.56. The Morgan fingerprint density at radius 3 is 1.78 bits per heavy atom. The number of aliphatic carboxylic acids is 2. The third-order valence-electron chi connectivity index (χ3n) is 3.00. The summed E-state index contributed by atoms with van der Waals surface area (Å²) in [6.07, 6.45) is -1.60. The monoisotopic (exact) mass is 391 g/mol. The van der Waals surface area contributed by atoms with Gasteiger partial charge in [-0.1, -0.05) is 0 Å². The van der Waals surface area contributed by atoms with E-state index in [1.54, 1.807) is 0 Å². The molecule has 14 nitrogen and oxygen atoms in total. The second kappa shape index (κ2) is 11.4. The van der Waals surface area contributed by atoms with Gasteiger partial charge in [-0.25, -0.2) is 0 Å². The summed E-state index contributed by atoms with van der Waals surface area (Å²) in [7, 11) is 0. The highest BCUT2D eigenvalue weighted by Crippen LogP contribution is 1.99.